The Morgan fingerprint density at radius 3 is 2.17 bits per heavy atom. The second kappa shape index (κ2) is 10.3. The lowest BCUT2D eigenvalue weighted by atomic mass is 9.98. The minimum atomic E-state index is -4.53. The summed E-state index contributed by atoms with van der Waals surface area (Å²) in [4.78, 5) is 24.2. The Kier molecular flexibility index (Phi) is 7.19. The number of fused-ring (bicyclic) bond motifs is 3. The molecule has 0 fully saturated rings. The lowest BCUT2D eigenvalue weighted by Gasteiger charge is -2.18. The Labute approximate surface area is 205 Å². The minimum Gasteiger partial charge on any atom is -0.496 e. The van der Waals surface area contributed by atoms with Crippen LogP contribution in [0.15, 0.2) is 66.7 Å². The molecule has 1 atom stereocenters. The first-order chi connectivity index (χ1) is 17.2. The van der Waals surface area contributed by atoms with Crippen molar-refractivity contribution in [2.24, 2.45) is 0 Å². The van der Waals surface area contributed by atoms with Gasteiger partial charge in [0.1, 0.15) is 18.4 Å². The van der Waals surface area contributed by atoms with Gasteiger partial charge in [-0.25, -0.2) is 9.59 Å². The first-order valence-electron chi connectivity index (χ1n) is 11.3. The molecule has 3 aromatic rings. The van der Waals surface area contributed by atoms with Crippen LogP contribution in [0.1, 0.15) is 34.6 Å². The van der Waals surface area contributed by atoms with Crippen LogP contribution in [-0.4, -0.2) is 36.9 Å². The van der Waals surface area contributed by atoms with Gasteiger partial charge in [-0.2, -0.15) is 13.2 Å². The maximum absolute atomic E-state index is 13.0. The molecule has 0 heterocycles. The normalized spacial score (nSPS) is 13.4. The number of carbonyl (C=O) groups is 2. The summed E-state index contributed by atoms with van der Waals surface area (Å²) in [6.45, 7) is 0.0267. The smallest absolute Gasteiger partial charge is 0.416 e. The van der Waals surface area contributed by atoms with Gasteiger partial charge in [-0.05, 0) is 52.8 Å². The number of carbonyl (C=O) groups excluding carboxylic acids is 1. The van der Waals surface area contributed by atoms with Crippen LogP contribution in [0.2, 0.25) is 0 Å². The highest BCUT2D eigenvalue weighted by molar-refractivity contribution is 5.81. The molecule has 1 aliphatic carbocycles. The van der Waals surface area contributed by atoms with Gasteiger partial charge in [-0.1, -0.05) is 54.6 Å². The van der Waals surface area contributed by atoms with Crippen molar-refractivity contribution >= 4 is 12.1 Å². The number of hydrogen-bond acceptors (Lipinski definition) is 4. The van der Waals surface area contributed by atoms with E-state index in [9.17, 15) is 27.9 Å². The zero-order chi connectivity index (χ0) is 25.9. The number of ether oxygens (including phenoxy) is 2. The lowest BCUT2D eigenvalue weighted by molar-refractivity contribution is -0.139. The van der Waals surface area contributed by atoms with E-state index in [1.807, 2.05) is 48.5 Å². The van der Waals surface area contributed by atoms with Gasteiger partial charge in [0, 0.05) is 5.92 Å². The molecule has 188 valence electrons. The number of alkyl halides is 3. The Morgan fingerprint density at radius 2 is 1.61 bits per heavy atom. The highest BCUT2D eigenvalue weighted by atomic mass is 19.4. The number of rotatable bonds is 8. The van der Waals surface area contributed by atoms with Gasteiger partial charge < -0.3 is 19.9 Å². The molecular formula is C27H24F3NO5. The third-order valence-corrected chi connectivity index (χ3v) is 6.25. The predicted octanol–water partition coefficient (Wildman–Crippen LogP) is 5.64. The molecular weight excluding hydrogens is 475 g/mol. The van der Waals surface area contributed by atoms with Crippen molar-refractivity contribution < 1.29 is 37.3 Å². The minimum absolute atomic E-state index is 0.00453. The van der Waals surface area contributed by atoms with E-state index < -0.39 is 29.8 Å². The first kappa shape index (κ1) is 25.1. The molecule has 2 N–H and O–H groups in total. The number of methoxy groups -OCH3 is 1. The largest absolute Gasteiger partial charge is 0.496 e. The number of amides is 1. The fourth-order valence-corrected chi connectivity index (χ4v) is 4.47. The number of aliphatic carboxylic acids is 1. The molecule has 1 aliphatic rings. The molecule has 0 bridgehead atoms. The fourth-order valence-electron chi connectivity index (χ4n) is 4.47. The van der Waals surface area contributed by atoms with E-state index in [2.05, 4.69) is 5.32 Å². The summed E-state index contributed by atoms with van der Waals surface area (Å²) >= 11 is 0. The van der Waals surface area contributed by atoms with Crippen LogP contribution in [0.5, 0.6) is 5.75 Å². The average molecular weight is 499 g/mol. The summed E-state index contributed by atoms with van der Waals surface area (Å²) in [5, 5.41) is 11.9. The second-order valence-electron chi connectivity index (χ2n) is 8.42. The van der Waals surface area contributed by atoms with Crippen molar-refractivity contribution in [1.29, 1.82) is 0 Å². The van der Waals surface area contributed by atoms with Gasteiger partial charge in [-0.3, -0.25) is 0 Å². The van der Waals surface area contributed by atoms with Gasteiger partial charge in [0.15, 0.2) is 0 Å². The highest BCUT2D eigenvalue weighted by Crippen LogP contribution is 2.44. The molecule has 0 aliphatic heterocycles. The Hall–Kier alpha value is -4.01. The first-order valence-corrected chi connectivity index (χ1v) is 11.3. The number of carboxylic acid groups (broad SMARTS) is 1. The number of alkyl carbamates (subject to hydrolysis) is 1. The molecule has 0 spiro atoms. The molecule has 0 saturated carbocycles. The maximum atomic E-state index is 13.0. The van der Waals surface area contributed by atoms with Crippen LogP contribution in [0.4, 0.5) is 18.0 Å². The van der Waals surface area contributed by atoms with Gasteiger partial charge in [-0.15, -0.1) is 0 Å². The van der Waals surface area contributed by atoms with Crippen molar-refractivity contribution in [3.05, 3.63) is 89.0 Å². The monoisotopic (exact) mass is 499 g/mol. The van der Waals surface area contributed by atoms with Crippen molar-refractivity contribution in [2.75, 3.05) is 13.7 Å². The van der Waals surface area contributed by atoms with Gasteiger partial charge in [0.25, 0.3) is 0 Å². The second-order valence-corrected chi connectivity index (χ2v) is 8.42. The van der Waals surface area contributed by atoms with Gasteiger partial charge in [0.05, 0.1) is 12.7 Å². The Bertz CT molecular complexity index is 1230. The summed E-state index contributed by atoms with van der Waals surface area (Å²) < 4.78 is 49.3. The zero-order valence-electron chi connectivity index (χ0n) is 19.3. The van der Waals surface area contributed by atoms with E-state index in [4.69, 9.17) is 9.47 Å². The van der Waals surface area contributed by atoms with E-state index in [1.165, 1.54) is 13.2 Å². The summed E-state index contributed by atoms with van der Waals surface area (Å²) in [5.41, 5.74) is 3.71. The summed E-state index contributed by atoms with van der Waals surface area (Å²) in [6.07, 6.45) is -5.41. The molecule has 4 rings (SSSR count). The molecule has 6 nitrogen and oxygen atoms in total. The molecule has 0 saturated heterocycles. The lowest BCUT2D eigenvalue weighted by Crippen LogP contribution is -2.41. The van der Waals surface area contributed by atoms with E-state index >= 15 is 0 Å². The zero-order valence-corrected chi connectivity index (χ0v) is 19.3. The molecule has 0 aromatic heterocycles. The van der Waals surface area contributed by atoms with Crippen molar-refractivity contribution in [3.8, 4) is 16.9 Å². The number of carboxylic acids is 1. The number of aryl methyl sites for hydroxylation is 1. The third-order valence-electron chi connectivity index (χ3n) is 6.25. The molecule has 0 radical (unpaired) electrons. The number of nitrogens with one attached hydrogen (secondary N) is 1. The van der Waals surface area contributed by atoms with Gasteiger partial charge >= 0.3 is 18.2 Å². The number of benzene rings is 3. The molecule has 1 amide bonds. The van der Waals surface area contributed by atoms with Crippen LogP contribution in [0.3, 0.4) is 0 Å². The van der Waals surface area contributed by atoms with Crippen LogP contribution in [0.25, 0.3) is 11.1 Å². The van der Waals surface area contributed by atoms with E-state index in [0.29, 0.717) is 5.56 Å². The third kappa shape index (κ3) is 5.30. The molecule has 36 heavy (non-hydrogen) atoms. The maximum Gasteiger partial charge on any atom is 0.416 e. The average Bonchev–Trinajstić information content (AvgIpc) is 3.18. The van der Waals surface area contributed by atoms with E-state index in [1.54, 1.807) is 0 Å². The number of hydrogen-bond donors (Lipinski definition) is 2. The van der Waals surface area contributed by atoms with Crippen LogP contribution in [-0.2, 0) is 22.1 Å². The fraction of sp³-hybridized carbons (Fsp3) is 0.259. The quantitative estimate of drug-likeness (QED) is 0.419. The Morgan fingerprint density at radius 1 is 1.00 bits per heavy atom. The van der Waals surface area contributed by atoms with Crippen molar-refractivity contribution in [2.45, 2.75) is 31.0 Å². The van der Waals surface area contributed by atoms with E-state index in [-0.39, 0.29) is 31.1 Å². The summed E-state index contributed by atoms with van der Waals surface area (Å²) in [7, 11) is 1.24. The van der Waals surface area contributed by atoms with Crippen molar-refractivity contribution in [1.82, 2.24) is 5.32 Å². The predicted molar refractivity (Wildman–Crippen MR) is 126 cm³/mol. The standard InChI is InChI=1S/C27H24F3NO5/c1-35-24-14-17(27(28,29)30)12-10-16(24)11-13-23(25(32)33)31-26(34)36-15-22-20-8-4-2-6-18(20)19-7-3-5-9-21(19)22/h2-10,12,14,22-23H,11,13,15H2,1H3,(H,31,34)(H,32,33). The van der Waals surface area contributed by atoms with Gasteiger partial charge in [0.2, 0.25) is 0 Å². The Balaban J connectivity index is 1.39. The summed E-state index contributed by atoms with van der Waals surface area (Å²) in [5.74, 6) is -1.47. The van der Waals surface area contributed by atoms with Crippen molar-refractivity contribution in [3.63, 3.8) is 0 Å². The molecule has 9 heteroatoms. The topological polar surface area (TPSA) is 84.9 Å². The number of halogens is 3. The summed E-state index contributed by atoms with van der Waals surface area (Å²) in [6, 6.07) is 17.4. The van der Waals surface area contributed by atoms with Crippen LogP contribution < -0.4 is 10.1 Å². The van der Waals surface area contributed by atoms with Crippen LogP contribution >= 0.6 is 0 Å². The SMILES string of the molecule is COc1cc(C(F)(F)F)ccc1CCC(NC(=O)OCC1c2ccccc2-c2ccccc21)C(=O)O. The molecule has 1 unspecified atom stereocenters. The van der Waals surface area contributed by atoms with E-state index in [0.717, 1.165) is 34.4 Å². The highest BCUT2D eigenvalue weighted by Gasteiger charge is 2.32. The molecule has 3 aromatic carbocycles. The van der Waals surface area contributed by atoms with Crippen LogP contribution in [0, 0.1) is 0 Å².